The van der Waals surface area contributed by atoms with Crippen LogP contribution in [0.3, 0.4) is 0 Å². The monoisotopic (exact) mass is 158 g/mol. The molecule has 1 unspecified atom stereocenters. The number of hydrogen-bond donors (Lipinski definition) is 1. The summed E-state index contributed by atoms with van der Waals surface area (Å²) < 4.78 is 5.22. The molecule has 1 N–H and O–H groups in total. The smallest absolute Gasteiger partial charge is 0.336 e. The van der Waals surface area contributed by atoms with Gasteiger partial charge in [0.2, 0.25) is 0 Å². The second kappa shape index (κ2) is 2.21. The standard InChI is InChI=1S/C8H14O3/c1-7(2)4-5-11-8(7,3)6(9)10/h4-5H2,1-3H3,(H,9,10). The van der Waals surface area contributed by atoms with Crippen molar-refractivity contribution in [2.45, 2.75) is 32.8 Å². The van der Waals surface area contributed by atoms with Gasteiger partial charge in [0.1, 0.15) is 0 Å². The van der Waals surface area contributed by atoms with E-state index in [9.17, 15) is 4.79 Å². The fraction of sp³-hybridized carbons (Fsp3) is 0.875. The minimum absolute atomic E-state index is 0.251. The number of carbonyl (C=O) groups is 1. The molecule has 1 saturated heterocycles. The van der Waals surface area contributed by atoms with Crippen LogP contribution in [0.2, 0.25) is 0 Å². The highest BCUT2D eigenvalue weighted by Gasteiger charge is 2.52. The number of carboxylic acid groups (broad SMARTS) is 1. The van der Waals surface area contributed by atoms with Crippen molar-refractivity contribution < 1.29 is 14.6 Å². The fourth-order valence-corrected chi connectivity index (χ4v) is 1.30. The summed E-state index contributed by atoms with van der Waals surface area (Å²) >= 11 is 0. The van der Waals surface area contributed by atoms with Crippen LogP contribution >= 0.6 is 0 Å². The van der Waals surface area contributed by atoms with Gasteiger partial charge in [-0.15, -0.1) is 0 Å². The highest BCUT2D eigenvalue weighted by atomic mass is 16.5. The zero-order chi connectivity index (χ0) is 8.70. The molecule has 3 heteroatoms. The molecule has 1 atom stereocenters. The second-order valence-electron chi connectivity index (χ2n) is 3.82. The minimum atomic E-state index is -0.993. The van der Waals surface area contributed by atoms with Crippen LogP contribution in [0.1, 0.15) is 27.2 Å². The summed E-state index contributed by atoms with van der Waals surface area (Å²) in [5.74, 6) is -0.861. The first kappa shape index (κ1) is 8.53. The second-order valence-corrected chi connectivity index (χ2v) is 3.82. The minimum Gasteiger partial charge on any atom is -0.479 e. The Hall–Kier alpha value is -0.570. The highest BCUT2D eigenvalue weighted by Crippen LogP contribution is 2.42. The van der Waals surface area contributed by atoms with Crippen molar-refractivity contribution in [3.8, 4) is 0 Å². The number of hydrogen-bond acceptors (Lipinski definition) is 2. The average Bonchev–Trinajstić information content (AvgIpc) is 2.09. The number of ether oxygens (including phenoxy) is 1. The van der Waals surface area contributed by atoms with Crippen molar-refractivity contribution >= 4 is 5.97 Å². The molecule has 1 aliphatic rings. The van der Waals surface area contributed by atoms with Crippen LogP contribution in [0.25, 0.3) is 0 Å². The molecule has 0 radical (unpaired) electrons. The van der Waals surface area contributed by atoms with Crippen LogP contribution < -0.4 is 0 Å². The predicted molar refractivity (Wildman–Crippen MR) is 40.4 cm³/mol. The Balaban J connectivity index is 2.93. The zero-order valence-corrected chi connectivity index (χ0v) is 7.18. The van der Waals surface area contributed by atoms with Gasteiger partial charge in [-0.25, -0.2) is 4.79 Å². The maximum atomic E-state index is 10.8. The molecule has 0 amide bonds. The average molecular weight is 158 g/mol. The van der Waals surface area contributed by atoms with Gasteiger partial charge in [0, 0.05) is 12.0 Å². The lowest BCUT2D eigenvalue weighted by Gasteiger charge is -2.32. The van der Waals surface area contributed by atoms with Crippen molar-refractivity contribution in [3.63, 3.8) is 0 Å². The summed E-state index contributed by atoms with van der Waals surface area (Å²) in [5.41, 5.74) is -1.24. The number of aliphatic carboxylic acids is 1. The molecule has 1 rings (SSSR count). The van der Waals surface area contributed by atoms with E-state index in [0.717, 1.165) is 6.42 Å². The molecule has 11 heavy (non-hydrogen) atoms. The SMILES string of the molecule is CC1(C)CCOC1(C)C(=O)O. The van der Waals surface area contributed by atoms with Crippen molar-refractivity contribution in [2.24, 2.45) is 5.41 Å². The van der Waals surface area contributed by atoms with Crippen LogP contribution in [0.5, 0.6) is 0 Å². The maximum Gasteiger partial charge on any atom is 0.336 e. The van der Waals surface area contributed by atoms with E-state index in [2.05, 4.69) is 0 Å². The Morgan fingerprint density at radius 1 is 1.45 bits per heavy atom. The maximum absolute atomic E-state index is 10.8. The normalized spacial score (nSPS) is 35.5. The Kier molecular flexibility index (Phi) is 1.71. The molecule has 0 aromatic heterocycles. The van der Waals surface area contributed by atoms with Crippen LogP contribution in [-0.4, -0.2) is 23.3 Å². The van der Waals surface area contributed by atoms with Crippen molar-refractivity contribution in [2.75, 3.05) is 6.61 Å². The van der Waals surface area contributed by atoms with Gasteiger partial charge in [-0.05, 0) is 13.3 Å². The number of carboxylic acids is 1. The van der Waals surface area contributed by atoms with E-state index in [4.69, 9.17) is 9.84 Å². The molecule has 0 bridgehead atoms. The van der Waals surface area contributed by atoms with Crippen LogP contribution in [0.4, 0.5) is 0 Å². The first-order valence-corrected chi connectivity index (χ1v) is 3.77. The predicted octanol–water partition coefficient (Wildman–Crippen LogP) is 1.28. The molecular formula is C8H14O3. The van der Waals surface area contributed by atoms with Gasteiger partial charge in [-0.2, -0.15) is 0 Å². The van der Waals surface area contributed by atoms with Crippen LogP contribution in [0.15, 0.2) is 0 Å². The summed E-state index contributed by atoms with van der Waals surface area (Å²) in [5, 5.41) is 8.88. The third-order valence-corrected chi connectivity index (χ3v) is 2.82. The Bertz CT molecular complexity index is 186. The van der Waals surface area contributed by atoms with Gasteiger partial charge in [0.25, 0.3) is 0 Å². The molecule has 0 saturated carbocycles. The van der Waals surface area contributed by atoms with Crippen LogP contribution in [-0.2, 0) is 9.53 Å². The van der Waals surface area contributed by atoms with E-state index in [0.29, 0.717) is 6.61 Å². The van der Waals surface area contributed by atoms with Gasteiger partial charge < -0.3 is 9.84 Å². The summed E-state index contributed by atoms with van der Waals surface area (Å²) in [4.78, 5) is 10.8. The zero-order valence-electron chi connectivity index (χ0n) is 7.18. The van der Waals surface area contributed by atoms with E-state index in [1.54, 1.807) is 6.92 Å². The lowest BCUT2D eigenvalue weighted by Crippen LogP contribution is -2.45. The van der Waals surface area contributed by atoms with Crippen molar-refractivity contribution in [1.29, 1.82) is 0 Å². The van der Waals surface area contributed by atoms with E-state index < -0.39 is 11.6 Å². The quantitative estimate of drug-likeness (QED) is 0.625. The molecule has 64 valence electrons. The molecule has 0 aromatic rings. The van der Waals surface area contributed by atoms with E-state index in [-0.39, 0.29) is 5.41 Å². The Labute approximate surface area is 66.4 Å². The third-order valence-electron chi connectivity index (χ3n) is 2.82. The highest BCUT2D eigenvalue weighted by molar-refractivity contribution is 5.78. The largest absolute Gasteiger partial charge is 0.479 e. The fourth-order valence-electron chi connectivity index (χ4n) is 1.30. The molecule has 1 heterocycles. The van der Waals surface area contributed by atoms with Gasteiger partial charge in [-0.3, -0.25) is 0 Å². The number of rotatable bonds is 1. The van der Waals surface area contributed by atoms with E-state index in [1.807, 2.05) is 13.8 Å². The van der Waals surface area contributed by atoms with Gasteiger partial charge in [0.05, 0.1) is 0 Å². The van der Waals surface area contributed by atoms with Gasteiger partial charge in [0.15, 0.2) is 5.60 Å². The molecule has 0 aromatic carbocycles. The molecule has 1 aliphatic heterocycles. The lowest BCUT2D eigenvalue weighted by atomic mass is 9.76. The topological polar surface area (TPSA) is 46.5 Å². The van der Waals surface area contributed by atoms with Gasteiger partial charge in [-0.1, -0.05) is 13.8 Å². The summed E-state index contributed by atoms with van der Waals surface area (Å²) in [7, 11) is 0. The summed E-state index contributed by atoms with van der Waals surface area (Å²) in [6.07, 6.45) is 0.815. The molecular weight excluding hydrogens is 144 g/mol. The molecule has 3 nitrogen and oxygen atoms in total. The first-order chi connectivity index (χ1) is 4.90. The summed E-state index contributed by atoms with van der Waals surface area (Å²) in [6, 6.07) is 0. The van der Waals surface area contributed by atoms with Crippen molar-refractivity contribution in [3.05, 3.63) is 0 Å². The van der Waals surface area contributed by atoms with E-state index >= 15 is 0 Å². The van der Waals surface area contributed by atoms with Crippen LogP contribution in [0, 0.1) is 5.41 Å². The first-order valence-electron chi connectivity index (χ1n) is 3.77. The molecule has 0 spiro atoms. The van der Waals surface area contributed by atoms with Gasteiger partial charge >= 0.3 is 5.97 Å². The third kappa shape index (κ3) is 1.03. The molecule has 0 aliphatic carbocycles. The Morgan fingerprint density at radius 2 is 2.00 bits per heavy atom. The van der Waals surface area contributed by atoms with Crippen molar-refractivity contribution in [1.82, 2.24) is 0 Å². The lowest BCUT2D eigenvalue weighted by molar-refractivity contribution is -0.166. The Morgan fingerprint density at radius 3 is 2.18 bits per heavy atom. The summed E-state index contributed by atoms with van der Waals surface area (Å²) in [6.45, 7) is 6.04. The van der Waals surface area contributed by atoms with E-state index in [1.165, 1.54) is 0 Å². The molecule has 1 fully saturated rings.